The molecule has 0 fully saturated rings. The summed E-state index contributed by atoms with van der Waals surface area (Å²) in [7, 11) is 1.24. The Hall–Kier alpha value is -3.05. The molecule has 1 rings (SSSR count). The zero-order valence-electron chi connectivity index (χ0n) is 15.1. The van der Waals surface area contributed by atoms with E-state index in [9.17, 15) is 19.2 Å². The van der Waals surface area contributed by atoms with E-state index >= 15 is 0 Å². The summed E-state index contributed by atoms with van der Waals surface area (Å²) in [6.07, 6.45) is 0. The number of esters is 3. The molecule has 13 heteroatoms. The number of amides is 2. The van der Waals surface area contributed by atoms with Crippen LogP contribution in [0.3, 0.4) is 0 Å². The Bertz CT molecular complexity index is 829. The molecule has 0 saturated heterocycles. The van der Waals surface area contributed by atoms with Crippen molar-refractivity contribution in [3.05, 3.63) is 10.0 Å². The molecule has 28 heavy (non-hydrogen) atoms. The Morgan fingerprint density at radius 2 is 1.25 bits per heavy atom. The fourth-order valence-corrected chi connectivity index (χ4v) is 2.61. The Morgan fingerprint density at radius 1 is 0.893 bits per heavy atom. The third-order valence-corrected chi connectivity index (χ3v) is 3.55. The molecule has 0 radical (unpaired) electrons. The van der Waals surface area contributed by atoms with Crippen LogP contribution >= 0.6 is 23.2 Å². The van der Waals surface area contributed by atoms with Gasteiger partial charge in [0.15, 0.2) is 11.5 Å². The van der Waals surface area contributed by atoms with Crippen molar-refractivity contribution < 1.29 is 33.4 Å². The number of carbonyl (C=O) groups excluding carboxylic acids is 4. The molecule has 0 aliphatic carbocycles. The predicted octanol–water partition coefficient (Wildman–Crippen LogP) is 1.81. The zero-order chi connectivity index (χ0) is 21.8. The van der Waals surface area contributed by atoms with Crippen LogP contribution in [0.2, 0.25) is 10.0 Å². The maximum Gasteiger partial charge on any atom is 0.328 e. The predicted molar refractivity (Wildman–Crippen MR) is 99.2 cm³/mol. The van der Waals surface area contributed by atoms with Crippen molar-refractivity contribution in [2.45, 2.75) is 20.8 Å². The number of carbonyl (C=O) groups is 4. The molecule has 0 aliphatic heterocycles. The number of urea groups is 1. The van der Waals surface area contributed by atoms with Crippen LogP contribution in [0.4, 0.5) is 10.5 Å². The van der Waals surface area contributed by atoms with Gasteiger partial charge in [0.2, 0.25) is 11.7 Å². The Balaban J connectivity index is 4.03. The van der Waals surface area contributed by atoms with Crippen LogP contribution in [-0.4, -0.2) is 36.9 Å². The van der Waals surface area contributed by atoms with E-state index in [1.807, 2.05) is 0 Å². The van der Waals surface area contributed by atoms with Gasteiger partial charge >= 0.3 is 23.9 Å². The molecule has 0 atom stereocenters. The van der Waals surface area contributed by atoms with Gasteiger partial charge in [-0.05, 0) is 0 Å². The monoisotopic (exact) mass is 434 g/mol. The van der Waals surface area contributed by atoms with Crippen LogP contribution < -0.4 is 30.2 Å². The lowest BCUT2D eigenvalue weighted by molar-refractivity contribution is -0.135. The number of nitrogens with zero attached hydrogens (tertiary/aromatic N) is 1. The highest BCUT2D eigenvalue weighted by atomic mass is 35.5. The quantitative estimate of drug-likeness (QED) is 0.279. The minimum absolute atomic E-state index is 0.446. The van der Waals surface area contributed by atoms with Gasteiger partial charge in [0.1, 0.15) is 10.0 Å². The van der Waals surface area contributed by atoms with Crippen molar-refractivity contribution >= 4 is 58.8 Å². The first-order valence-corrected chi connectivity index (χ1v) is 8.13. The molecule has 11 nitrogen and oxygen atoms in total. The van der Waals surface area contributed by atoms with Gasteiger partial charge in [-0.25, -0.2) is 9.69 Å². The van der Waals surface area contributed by atoms with Crippen LogP contribution in [0.15, 0.2) is 0 Å². The highest BCUT2D eigenvalue weighted by molar-refractivity contribution is 6.43. The summed E-state index contributed by atoms with van der Waals surface area (Å²) in [6, 6.07) is -0.931. The highest BCUT2D eigenvalue weighted by Gasteiger charge is 2.34. The topological polar surface area (TPSA) is 161 Å². The lowest BCUT2D eigenvalue weighted by Crippen LogP contribution is -2.46. The van der Waals surface area contributed by atoms with Crippen molar-refractivity contribution in [2.75, 3.05) is 11.9 Å². The molecule has 0 heterocycles. The Kier molecular flexibility index (Phi) is 7.59. The van der Waals surface area contributed by atoms with Gasteiger partial charge in [-0.15, -0.1) is 0 Å². The van der Waals surface area contributed by atoms with Crippen molar-refractivity contribution in [1.29, 1.82) is 5.41 Å². The van der Waals surface area contributed by atoms with Gasteiger partial charge in [-0.2, -0.15) is 0 Å². The molecule has 2 amide bonds. The molecule has 152 valence electrons. The molecule has 4 N–H and O–H groups in total. The average Bonchev–Trinajstić information content (AvgIpc) is 2.56. The summed E-state index contributed by atoms with van der Waals surface area (Å²) in [4.78, 5) is 47.2. The Morgan fingerprint density at radius 3 is 1.54 bits per heavy atom. The fourth-order valence-electron chi connectivity index (χ4n) is 1.96. The molecule has 0 unspecified atom stereocenters. The summed E-state index contributed by atoms with van der Waals surface area (Å²) in [5.74, 6) is -5.18. The molecular weight excluding hydrogens is 419 g/mol. The van der Waals surface area contributed by atoms with E-state index in [0.717, 1.165) is 20.8 Å². The van der Waals surface area contributed by atoms with E-state index in [-0.39, 0.29) is 0 Å². The zero-order valence-corrected chi connectivity index (χ0v) is 16.7. The van der Waals surface area contributed by atoms with E-state index < -0.39 is 62.9 Å². The van der Waals surface area contributed by atoms with E-state index in [2.05, 4.69) is 5.32 Å². The SMILES string of the molecule is CNC(=O)N(C(=N)N)c1c(Cl)c(OC(C)=O)c(OC(C)=O)c(OC(C)=O)c1Cl. The number of halogens is 2. The minimum atomic E-state index is -0.931. The van der Waals surface area contributed by atoms with Gasteiger partial charge in [-0.1, -0.05) is 23.2 Å². The molecule has 0 aliphatic rings. The van der Waals surface area contributed by atoms with Crippen molar-refractivity contribution in [2.24, 2.45) is 5.73 Å². The smallest absolute Gasteiger partial charge is 0.328 e. The van der Waals surface area contributed by atoms with Crippen molar-refractivity contribution in [3.63, 3.8) is 0 Å². The molecule has 0 spiro atoms. The summed E-state index contributed by atoms with van der Waals surface area (Å²) in [6.45, 7) is 3.07. The lowest BCUT2D eigenvalue weighted by Gasteiger charge is -2.25. The maximum atomic E-state index is 12.2. The lowest BCUT2D eigenvalue weighted by atomic mass is 10.2. The number of guanidine groups is 1. The van der Waals surface area contributed by atoms with E-state index in [1.54, 1.807) is 0 Å². The van der Waals surface area contributed by atoms with Crippen LogP contribution in [0.5, 0.6) is 17.2 Å². The van der Waals surface area contributed by atoms with Gasteiger partial charge < -0.3 is 25.3 Å². The molecule has 0 bridgehead atoms. The molecule has 1 aromatic rings. The van der Waals surface area contributed by atoms with E-state index in [4.69, 9.17) is 48.6 Å². The number of ether oxygens (including phenoxy) is 3. The highest BCUT2D eigenvalue weighted by Crippen LogP contribution is 2.54. The second-order valence-corrected chi connectivity index (χ2v) is 5.78. The molecule has 0 saturated carbocycles. The van der Waals surface area contributed by atoms with E-state index in [0.29, 0.717) is 4.90 Å². The first-order valence-electron chi connectivity index (χ1n) is 7.38. The number of anilines is 1. The summed E-state index contributed by atoms with van der Waals surface area (Å²) in [5, 5.41) is 8.83. The van der Waals surface area contributed by atoms with E-state index in [1.165, 1.54) is 7.05 Å². The van der Waals surface area contributed by atoms with Crippen LogP contribution in [0, 0.1) is 5.41 Å². The van der Waals surface area contributed by atoms with Crippen LogP contribution in [-0.2, 0) is 14.4 Å². The van der Waals surface area contributed by atoms with Gasteiger partial charge in [0, 0.05) is 27.8 Å². The summed E-state index contributed by atoms with van der Waals surface area (Å²) in [5.41, 5.74) is 4.99. The largest absolute Gasteiger partial charge is 0.421 e. The number of hydrogen-bond acceptors (Lipinski definition) is 8. The minimum Gasteiger partial charge on any atom is -0.421 e. The number of benzene rings is 1. The van der Waals surface area contributed by atoms with Crippen molar-refractivity contribution in [3.8, 4) is 17.2 Å². The molecular formula is C15H16Cl2N4O7. The van der Waals surface area contributed by atoms with Crippen molar-refractivity contribution in [1.82, 2.24) is 5.32 Å². The number of rotatable bonds is 4. The maximum absolute atomic E-state index is 12.2. The molecule has 1 aromatic carbocycles. The third kappa shape index (κ3) is 5.02. The number of nitrogens with one attached hydrogen (secondary N) is 2. The first kappa shape index (κ1) is 23.0. The van der Waals surface area contributed by atoms with Gasteiger partial charge in [0.25, 0.3) is 0 Å². The second-order valence-electron chi connectivity index (χ2n) is 5.02. The second kappa shape index (κ2) is 9.24. The molecule has 0 aromatic heterocycles. The number of hydrogen-bond donors (Lipinski definition) is 3. The summed E-state index contributed by atoms with van der Waals surface area (Å²) >= 11 is 12.5. The van der Waals surface area contributed by atoms with Crippen LogP contribution in [0.1, 0.15) is 20.8 Å². The first-order chi connectivity index (χ1) is 12.9. The Labute approximate surface area is 169 Å². The third-order valence-electron chi connectivity index (χ3n) is 2.85. The van der Waals surface area contributed by atoms with Crippen LogP contribution in [0.25, 0.3) is 0 Å². The van der Waals surface area contributed by atoms with Gasteiger partial charge in [0.05, 0.1) is 5.69 Å². The average molecular weight is 435 g/mol. The van der Waals surface area contributed by atoms with Gasteiger partial charge in [-0.3, -0.25) is 19.8 Å². The summed E-state index contributed by atoms with van der Waals surface area (Å²) < 4.78 is 14.9. The number of nitrogens with two attached hydrogens (primary N) is 1. The normalized spacial score (nSPS) is 9.93. The standard InChI is InChI=1S/C15H16Cl2N4O7/c1-5(22)26-11-8(16)10(21(14(18)19)15(25)20-4)9(17)12(27-6(2)23)13(11)28-7(3)24/h1-4H3,(H3,18,19)(H,20,25). The fraction of sp³-hybridized carbons (Fsp3) is 0.267.